The van der Waals surface area contributed by atoms with Gasteiger partial charge in [0.1, 0.15) is 18.2 Å². The molecular weight excluding hydrogens is 515 g/mol. The van der Waals surface area contributed by atoms with Gasteiger partial charge in [-0.25, -0.2) is 9.07 Å². The van der Waals surface area contributed by atoms with Gasteiger partial charge in [0, 0.05) is 29.7 Å². The summed E-state index contributed by atoms with van der Waals surface area (Å²) in [4.78, 5) is 28.5. The Balaban J connectivity index is 1.67. The van der Waals surface area contributed by atoms with Gasteiger partial charge in [-0.1, -0.05) is 57.2 Å². The second kappa shape index (κ2) is 11.1. The fourth-order valence-corrected chi connectivity index (χ4v) is 6.43. The highest BCUT2D eigenvalue weighted by molar-refractivity contribution is 8.00. The fourth-order valence-electron chi connectivity index (χ4n) is 5.21. The molecule has 0 spiro atoms. The molecule has 0 aliphatic carbocycles. The molecule has 5 rings (SSSR count). The highest BCUT2D eigenvalue weighted by atomic mass is 32.2. The van der Waals surface area contributed by atoms with Gasteiger partial charge in [-0.3, -0.25) is 14.5 Å². The van der Waals surface area contributed by atoms with Gasteiger partial charge in [0.15, 0.2) is 0 Å². The van der Waals surface area contributed by atoms with Crippen molar-refractivity contribution >= 4 is 29.4 Å². The Kier molecular flexibility index (Phi) is 7.82. The number of ether oxygens (including phenoxy) is 1. The smallest absolute Gasteiger partial charge is 0.240 e. The molecule has 1 N–H and O–H groups in total. The predicted molar refractivity (Wildman–Crippen MR) is 152 cm³/mol. The molecule has 0 bridgehead atoms. The van der Waals surface area contributed by atoms with Crippen LogP contribution in [0.2, 0.25) is 0 Å². The third kappa shape index (κ3) is 5.61. The molecule has 206 valence electrons. The summed E-state index contributed by atoms with van der Waals surface area (Å²) in [5.74, 6) is -0.203. The number of hydrogen-bond donors (Lipinski definition) is 1. The number of hydrogen-bond acceptors (Lipinski definition) is 5. The highest BCUT2D eigenvalue weighted by Gasteiger charge is 2.40. The molecule has 3 heterocycles. The molecule has 1 fully saturated rings. The van der Waals surface area contributed by atoms with Crippen molar-refractivity contribution < 1.29 is 18.7 Å². The summed E-state index contributed by atoms with van der Waals surface area (Å²) < 4.78 is 22.7. The van der Waals surface area contributed by atoms with Gasteiger partial charge in [0.2, 0.25) is 11.8 Å². The zero-order valence-electron chi connectivity index (χ0n) is 22.9. The zero-order valence-corrected chi connectivity index (χ0v) is 23.7. The first-order valence-corrected chi connectivity index (χ1v) is 14.4. The minimum atomic E-state index is -0.475. The molecular formula is C30H35FN4O3S. The first-order valence-electron chi connectivity index (χ1n) is 13.4. The maximum Gasteiger partial charge on any atom is 0.240 e. The van der Waals surface area contributed by atoms with Crippen LogP contribution in [0.4, 0.5) is 10.2 Å². The molecule has 2 aromatic carbocycles. The van der Waals surface area contributed by atoms with E-state index in [1.165, 1.54) is 22.7 Å². The molecule has 3 aromatic rings. The number of amides is 2. The molecule has 1 saturated heterocycles. The van der Waals surface area contributed by atoms with Gasteiger partial charge < -0.3 is 10.1 Å². The molecule has 0 unspecified atom stereocenters. The van der Waals surface area contributed by atoms with Crippen LogP contribution in [0, 0.1) is 12.7 Å². The average Bonchev–Trinajstić information content (AvgIpc) is 3.53. The number of para-hydroxylation sites is 1. The third-order valence-corrected chi connectivity index (χ3v) is 8.42. The highest BCUT2D eigenvalue weighted by Crippen LogP contribution is 2.49. The lowest BCUT2D eigenvalue weighted by molar-refractivity contribution is -0.123. The van der Waals surface area contributed by atoms with Crippen molar-refractivity contribution in [3.8, 4) is 5.69 Å². The number of anilines is 1. The van der Waals surface area contributed by atoms with E-state index in [2.05, 4.69) is 26.1 Å². The number of carbonyl (C=O) groups is 2. The van der Waals surface area contributed by atoms with Gasteiger partial charge in [-0.2, -0.15) is 5.10 Å². The van der Waals surface area contributed by atoms with Crippen LogP contribution in [0.1, 0.15) is 61.2 Å². The molecule has 0 radical (unpaired) electrons. The largest absolute Gasteiger partial charge is 0.376 e. The summed E-state index contributed by atoms with van der Waals surface area (Å²) in [5, 5.41) is 7.55. The standard InChI is InChI=1S/C30H35FN4O3S/c1-19-10-5-8-14-23(19)35-29-26(28(33-35)30(2,3)4)27(21-12-6-7-13-22(21)31)39-18-25(37)34(29)17-24(36)32-16-20-11-9-15-38-20/h5-8,10,12-14,20,27H,9,11,15-18H2,1-4H3,(H,32,36)/t20-,27+/m1/s1. The van der Waals surface area contributed by atoms with Crippen molar-refractivity contribution in [2.75, 3.05) is 30.3 Å². The summed E-state index contributed by atoms with van der Waals surface area (Å²) in [6.45, 7) is 9.12. The Labute approximate surface area is 233 Å². The van der Waals surface area contributed by atoms with Crippen LogP contribution in [-0.4, -0.2) is 53.1 Å². The van der Waals surface area contributed by atoms with Gasteiger partial charge in [0.05, 0.1) is 28.5 Å². The lowest BCUT2D eigenvalue weighted by atomic mass is 9.87. The van der Waals surface area contributed by atoms with E-state index >= 15 is 4.39 Å². The Morgan fingerprint density at radius 1 is 1.18 bits per heavy atom. The Bertz CT molecular complexity index is 1380. The predicted octanol–water partition coefficient (Wildman–Crippen LogP) is 5.08. The van der Waals surface area contributed by atoms with Crippen LogP contribution >= 0.6 is 11.8 Å². The number of benzene rings is 2. The molecule has 39 heavy (non-hydrogen) atoms. The first kappa shape index (κ1) is 27.4. The Morgan fingerprint density at radius 3 is 2.62 bits per heavy atom. The van der Waals surface area contributed by atoms with Crippen molar-refractivity contribution in [3.05, 3.63) is 76.7 Å². The van der Waals surface area contributed by atoms with E-state index in [4.69, 9.17) is 9.84 Å². The molecule has 9 heteroatoms. The third-order valence-electron chi connectivity index (χ3n) is 7.18. The minimum Gasteiger partial charge on any atom is -0.376 e. The van der Waals surface area contributed by atoms with Crippen LogP contribution in [0.15, 0.2) is 48.5 Å². The normalized spacial score (nSPS) is 19.6. The maximum atomic E-state index is 15.3. The van der Waals surface area contributed by atoms with Crippen LogP contribution in [0.3, 0.4) is 0 Å². The number of thioether (sulfide) groups is 1. The molecule has 7 nitrogen and oxygen atoms in total. The van der Waals surface area contributed by atoms with E-state index in [-0.39, 0.29) is 36.0 Å². The Morgan fingerprint density at radius 2 is 1.92 bits per heavy atom. The monoisotopic (exact) mass is 550 g/mol. The molecule has 2 aliphatic heterocycles. The number of carbonyl (C=O) groups excluding carboxylic acids is 2. The second-order valence-corrected chi connectivity index (χ2v) is 12.3. The number of halogens is 1. The number of aryl methyl sites for hydroxylation is 1. The number of rotatable bonds is 6. The van der Waals surface area contributed by atoms with E-state index in [0.717, 1.165) is 35.3 Å². The fraction of sp³-hybridized carbons (Fsp3) is 0.433. The lowest BCUT2D eigenvalue weighted by Gasteiger charge is -2.25. The molecule has 0 saturated carbocycles. The van der Waals surface area contributed by atoms with Crippen LogP contribution in [-0.2, 0) is 19.7 Å². The molecule has 2 atom stereocenters. The molecule has 2 amide bonds. The summed E-state index contributed by atoms with van der Waals surface area (Å²) in [6.07, 6.45) is 1.88. The topological polar surface area (TPSA) is 76.5 Å². The quantitative estimate of drug-likeness (QED) is 0.463. The van der Waals surface area contributed by atoms with E-state index in [0.29, 0.717) is 24.5 Å². The zero-order chi connectivity index (χ0) is 27.7. The number of fused-ring (bicyclic) bond motifs is 1. The number of nitrogens with one attached hydrogen (secondary N) is 1. The summed E-state index contributed by atoms with van der Waals surface area (Å²) in [6, 6.07) is 14.5. The minimum absolute atomic E-state index is 0.00433. The van der Waals surface area contributed by atoms with E-state index in [9.17, 15) is 9.59 Å². The average molecular weight is 551 g/mol. The van der Waals surface area contributed by atoms with Gasteiger partial charge in [-0.05, 0) is 37.5 Å². The summed E-state index contributed by atoms with van der Waals surface area (Å²) in [7, 11) is 0. The Hall–Kier alpha value is -3.17. The van der Waals surface area contributed by atoms with Crippen LogP contribution in [0.5, 0.6) is 0 Å². The number of nitrogens with zero attached hydrogens (tertiary/aromatic N) is 3. The van der Waals surface area contributed by atoms with E-state index in [1.54, 1.807) is 16.8 Å². The van der Waals surface area contributed by atoms with Crippen molar-refractivity contribution in [1.82, 2.24) is 15.1 Å². The van der Waals surface area contributed by atoms with Crippen molar-refractivity contribution in [3.63, 3.8) is 0 Å². The van der Waals surface area contributed by atoms with Gasteiger partial charge in [0.25, 0.3) is 0 Å². The lowest BCUT2D eigenvalue weighted by Crippen LogP contribution is -2.44. The number of aromatic nitrogens is 2. The van der Waals surface area contributed by atoms with E-state index in [1.807, 2.05) is 37.3 Å². The van der Waals surface area contributed by atoms with Crippen LogP contribution < -0.4 is 10.2 Å². The maximum absolute atomic E-state index is 15.3. The first-order chi connectivity index (χ1) is 18.6. The van der Waals surface area contributed by atoms with Gasteiger partial charge >= 0.3 is 0 Å². The SMILES string of the molecule is Cc1ccccc1-n1nc(C(C)(C)C)c2c1N(CC(=O)NC[C@H]1CCCO1)C(=O)CS[C@H]2c1ccccc1F. The molecule has 2 aliphatic rings. The summed E-state index contributed by atoms with van der Waals surface area (Å²) in [5.41, 5.74) is 3.39. The van der Waals surface area contributed by atoms with Crippen molar-refractivity contribution in [2.24, 2.45) is 0 Å². The van der Waals surface area contributed by atoms with E-state index < -0.39 is 10.7 Å². The van der Waals surface area contributed by atoms with Gasteiger partial charge in [-0.15, -0.1) is 11.8 Å². The molecule has 1 aromatic heterocycles. The second-order valence-electron chi connectivity index (χ2n) is 11.2. The van der Waals surface area contributed by atoms with Crippen molar-refractivity contribution in [1.29, 1.82) is 0 Å². The van der Waals surface area contributed by atoms with Crippen LogP contribution in [0.25, 0.3) is 5.69 Å². The van der Waals surface area contributed by atoms with Crippen molar-refractivity contribution in [2.45, 2.75) is 57.3 Å². The summed E-state index contributed by atoms with van der Waals surface area (Å²) >= 11 is 1.37.